The van der Waals surface area contributed by atoms with E-state index in [0.29, 0.717) is 15.8 Å². The van der Waals surface area contributed by atoms with Crippen LogP contribution in [0.1, 0.15) is 5.56 Å². The monoisotopic (exact) mass is 423 g/mol. The zero-order chi connectivity index (χ0) is 19.6. The quantitative estimate of drug-likeness (QED) is 0.391. The van der Waals surface area contributed by atoms with Crippen molar-refractivity contribution in [3.63, 3.8) is 0 Å². The van der Waals surface area contributed by atoms with E-state index < -0.39 is 11.8 Å². The van der Waals surface area contributed by atoms with Crippen molar-refractivity contribution in [2.45, 2.75) is 0 Å². The highest BCUT2D eigenvalue weighted by Crippen LogP contribution is 2.22. The van der Waals surface area contributed by atoms with Crippen molar-refractivity contribution in [3.8, 4) is 5.75 Å². The van der Waals surface area contributed by atoms with Crippen molar-refractivity contribution < 1.29 is 14.3 Å². The first-order chi connectivity index (χ1) is 12.9. The fourth-order valence-electron chi connectivity index (χ4n) is 1.80. The van der Waals surface area contributed by atoms with Crippen LogP contribution >= 0.6 is 35.4 Å². The molecule has 0 fully saturated rings. The number of nitrogens with one attached hydrogen (secondary N) is 3. The van der Waals surface area contributed by atoms with Gasteiger partial charge in [-0.3, -0.25) is 25.8 Å². The fourth-order valence-corrected chi connectivity index (χ4v) is 2.27. The van der Waals surface area contributed by atoms with Gasteiger partial charge in [-0.1, -0.05) is 47.5 Å². The van der Waals surface area contributed by atoms with Gasteiger partial charge in [0.1, 0.15) is 5.75 Å². The third-order valence-corrected chi connectivity index (χ3v) is 3.81. The lowest BCUT2D eigenvalue weighted by Crippen LogP contribution is -2.49. The summed E-state index contributed by atoms with van der Waals surface area (Å²) >= 11 is 16.6. The van der Waals surface area contributed by atoms with Gasteiger partial charge in [-0.25, -0.2) is 0 Å². The molecule has 0 saturated carbocycles. The topological polar surface area (TPSA) is 79.5 Å². The van der Waals surface area contributed by atoms with Gasteiger partial charge in [0.15, 0.2) is 11.7 Å². The van der Waals surface area contributed by atoms with E-state index in [9.17, 15) is 9.59 Å². The van der Waals surface area contributed by atoms with Gasteiger partial charge in [-0.15, -0.1) is 0 Å². The smallest absolute Gasteiger partial charge is 0.276 e. The summed E-state index contributed by atoms with van der Waals surface area (Å²) in [6, 6.07) is 13.7. The van der Waals surface area contributed by atoms with Crippen LogP contribution in [0.25, 0.3) is 6.08 Å². The molecule has 140 valence electrons. The number of halogens is 2. The Balaban J connectivity index is 1.70. The molecule has 0 saturated heterocycles. The third-order valence-electron chi connectivity index (χ3n) is 3.04. The molecular weight excluding hydrogens is 409 g/mol. The predicted octanol–water partition coefficient (Wildman–Crippen LogP) is 3.11. The van der Waals surface area contributed by atoms with Gasteiger partial charge in [0.25, 0.3) is 5.91 Å². The zero-order valence-corrected chi connectivity index (χ0v) is 16.2. The van der Waals surface area contributed by atoms with Crippen LogP contribution in [0.2, 0.25) is 10.0 Å². The van der Waals surface area contributed by atoms with E-state index in [1.54, 1.807) is 54.6 Å². The Hall–Kier alpha value is -2.61. The Morgan fingerprint density at radius 3 is 2.44 bits per heavy atom. The number of carbonyl (C=O) groups excluding carboxylic acids is 2. The maximum absolute atomic E-state index is 11.8. The second-order valence-corrected chi connectivity index (χ2v) is 6.35. The SMILES string of the molecule is O=C(/C=C/c1ccc(Cl)cc1)NC(=S)NNC(=O)COc1ccccc1Cl. The van der Waals surface area contributed by atoms with E-state index in [0.717, 1.165) is 5.56 Å². The highest BCUT2D eigenvalue weighted by Gasteiger charge is 2.06. The fraction of sp³-hybridized carbons (Fsp3) is 0.0556. The Kier molecular flexibility index (Phi) is 8.06. The molecule has 3 N–H and O–H groups in total. The minimum absolute atomic E-state index is 0.0631. The van der Waals surface area contributed by atoms with E-state index in [1.165, 1.54) is 6.08 Å². The van der Waals surface area contributed by atoms with Crippen molar-refractivity contribution in [1.82, 2.24) is 16.2 Å². The number of carbonyl (C=O) groups is 2. The average molecular weight is 424 g/mol. The highest BCUT2D eigenvalue weighted by atomic mass is 35.5. The number of hydrazine groups is 1. The van der Waals surface area contributed by atoms with Gasteiger partial charge in [0.05, 0.1) is 5.02 Å². The summed E-state index contributed by atoms with van der Waals surface area (Å²) in [4.78, 5) is 23.5. The first-order valence-electron chi connectivity index (χ1n) is 7.65. The number of hydrogen-bond acceptors (Lipinski definition) is 4. The molecular formula is C18H15Cl2N3O3S. The van der Waals surface area contributed by atoms with Crippen LogP contribution in [-0.2, 0) is 9.59 Å². The van der Waals surface area contributed by atoms with Crippen molar-refractivity contribution in [2.24, 2.45) is 0 Å². The Bertz CT molecular complexity index is 857. The number of hydrogen-bond donors (Lipinski definition) is 3. The number of para-hydroxylation sites is 1. The summed E-state index contributed by atoms with van der Waals surface area (Å²) in [6.07, 6.45) is 2.91. The number of benzene rings is 2. The van der Waals surface area contributed by atoms with Gasteiger partial charge in [0.2, 0.25) is 5.91 Å². The predicted molar refractivity (Wildman–Crippen MR) is 109 cm³/mol. The molecule has 0 atom stereocenters. The molecule has 2 rings (SSSR count). The molecule has 0 spiro atoms. The lowest BCUT2D eigenvalue weighted by atomic mass is 10.2. The molecule has 0 aromatic heterocycles. The molecule has 0 aliphatic carbocycles. The number of ether oxygens (including phenoxy) is 1. The number of amides is 2. The van der Waals surface area contributed by atoms with E-state index in [2.05, 4.69) is 16.2 Å². The summed E-state index contributed by atoms with van der Waals surface area (Å²) in [6.45, 7) is -0.274. The summed E-state index contributed by atoms with van der Waals surface area (Å²) in [5.74, 6) is -0.565. The lowest BCUT2D eigenvalue weighted by molar-refractivity contribution is -0.123. The summed E-state index contributed by atoms with van der Waals surface area (Å²) in [5.41, 5.74) is 5.52. The average Bonchev–Trinajstić information content (AvgIpc) is 2.65. The summed E-state index contributed by atoms with van der Waals surface area (Å²) in [5, 5.41) is 3.33. The van der Waals surface area contributed by atoms with Crippen LogP contribution in [-0.4, -0.2) is 23.5 Å². The summed E-state index contributed by atoms with van der Waals surface area (Å²) < 4.78 is 5.27. The molecule has 0 radical (unpaired) electrons. The first kappa shape index (κ1) is 20.7. The van der Waals surface area contributed by atoms with E-state index in [1.807, 2.05) is 0 Å². The maximum Gasteiger partial charge on any atom is 0.276 e. The van der Waals surface area contributed by atoms with Crippen LogP contribution in [0.4, 0.5) is 0 Å². The normalized spacial score (nSPS) is 10.3. The molecule has 0 aliphatic rings. The second kappa shape index (κ2) is 10.5. The van der Waals surface area contributed by atoms with Gasteiger partial charge in [-0.05, 0) is 48.1 Å². The lowest BCUT2D eigenvalue weighted by Gasteiger charge is -2.11. The summed E-state index contributed by atoms with van der Waals surface area (Å²) in [7, 11) is 0. The molecule has 0 bridgehead atoms. The molecule has 0 aliphatic heterocycles. The zero-order valence-electron chi connectivity index (χ0n) is 13.9. The standard InChI is InChI=1S/C18H15Cl2N3O3S/c19-13-8-5-12(6-9-13)7-10-16(24)21-18(27)23-22-17(25)11-26-15-4-2-1-3-14(15)20/h1-10H,11H2,(H,22,25)(H2,21,23,24,27)/b10-7+. The second-order valence-electron chi connectivity index (χ2n) is 5.10. The molecule has 27 heavy (non-hydrogen) atoms. The van der Waals surface area contributed by atoms with Crippen LogP contribution in [0.5, 0.6) is 5.75 Å². The van der Waals surface area contributed by atoms with Crippen molar-refractivity contribution >= 4 is 58.4 Å². The molecule has 0 heterocycles. The van der Waals surface area contributed by atoms with Crippen molar-refractivity contribution in [2.75, 3.05) is 6.61 Å². The third kappa shape index (κ3) is 7.65. The Morgan fingerprint density at radius 1 is 1.04 bits per heavy atom. The van der Waals surface area contributed by atoms with E-state index in [-0.39, 0.29) is 11.7 Å². The van der Waals surface area contributed by atoms with Gasteiger partial charge in [0, 0.05) is 11.1 Å². The van der Waals surface area contributed by atoms with Crippen molar-refractivity contribution in [1.29, 1.82) is 0 Å². The van der Waals surface area contributed by atoms with Crippen molar-refractivity contribution in [3.05, 3.63) is 70.2 Å². The molecule has 2 aromatic rings. The van der Waals surface area contributed by atoms with Crippen LogP contribution < -0.4 is 20.9 Å². The molecule has 2 aromatic carbocycles. The van der Waals surface area contributed by atoms with E-state index in [4.69, 9.17) is 40.2 Å². The van der Waals surface area contributed by atoms with Gasteiger partial charge >= 0.3 is 0 Å². The first-order valence-corrected chi connectivity index (χ1v) is 8.81. The maximum atomic E-state index is 11.8. The Labute approximate surface area is 171 Å². The number of rotatable bonds is 5. The van der Waals surface area contributed by atoms with Crippen LogP contribution in [0, 0.1) is 0 Å². The largest absolute Gasteiger partial charge is 0.482 e. The van der Waals surface area contributed by atoms with Gasteiger partial charge in [-0.2, -0.15) is 0 Å². The Morgan fingerprint density at radius 2 is 1.74 bits per heavy atom. The molecule has 0 unspecified atom stereocenters. The minimum Gasteiger partial charge on any atom is -0.482 e. The van der Waals surface area contributed by atoms with Gasteiger partial charge < -0.3 is 4.74 Å². The van der Waals surface area contributed by atoms with Crippen LogP contribution in [0.3, 0.4) is 0 Å². The minimum atomic E-state index is -0.497. The van der Waals surface area contributed by atoms with Crippen LogP contribution in [0.15, 0.2) is 54.6 Å². The molecule has 2 amide bonds. The number of thiocarbonyl (C=S) groups is 1. The molecule has 9 heteroatoms. The van der Waals surface area contributed by atoms with E-state index >= 15 is 0 Å². The highest BCUT2D eigenvalue weighted by molar-refractivity contribution is 7.80. The molecule has 6 nitrogen and oxygen atoms in total.